The Balaban J connectivity index is 1.26. The molecule has 0 N–H and O–H groups in total. The van der Waals surface area contributed by atoms with E-state index < -0.39 is 0 Å². The van der Waals surface area contributed by atoms with Crippen LogP contribution in [0, 0.1) is 35.8 Å². The van der Waals surface area contributed by atoms with Gasteiger partial charge in [-0.05, 0) is 96.5 Å². The zero-order valence-electron chi connectivity index (χ0n) is 25.1. The molecule has 2 saturated carbocycles. The fraction of sp³-hybridized carbons (Fsp3) is 0.316. The Hall–Kier alpha value is -4.02. The molecule has 4 nitrogen and oxygen atoms in total. The molecular formula is C38H28N4S4. The Morgan fingerprint density at radius 3 is 1.87 bits per heavy atom. The minimum absolute atomic E-state index is 0.0269. The second kappa shape index (κ2) is 11.3. The summed E-state index contributed by atoms with van der Waals surface area (Å²) in [4.78, 5) is 16.8. The van der Waals surface area contributed by atoms with Gasteiger partial charge in [0.2, 0.25) is 0 Å². The topological polar surface area (TPSA) is 56.3 Å². The van der Waals surface area contributed by atoms with Gasteiger partial charge < -0.3 is 0 Å². The molecule has 0 aromatic carbocycles. The summed E-state index contributed by atoms with van der Waals surface area (Å²) in [5, 5.41) is 18.6. The van der Waals surface area contributed by atoms with Crippen molar-refractivity contribution in [2.24, 2.45) is 0 Å². The van der Waals surface area contributed by atoms with Crippen molar-refractivity contribution in [1.29, 1.82) is 10.5 Å². The molecule has 4 aliphatic rings. The Morgan fingerprint density at radius 2 is 1.26 bits per heavy atom. The van der Waals surface area contributed by atoms with Gasteiger partial charge in [0.25, 0.3) is 11.4 Å². The molecule has 0 radical (unpaired) electrons. The molecule has 0 saturated heterocycles. The summed E-state index contributed by atoms with van der Waals surface area (Å²) < 4.78 is 0. The van der Waals surface area contributed by atoms with Gasteiger partial charge in [0.05, 0.1) is 25.3 Å². The van der Waals surface area contributed by atoms with Crippen LogP contribution in [0.15, 0.2) is 41.7 Å². The predicted molar refractivity (Wildman–Crippen MR) is 192 cm³/mol. The third-order valence-electron chi connectivity index (χ3n) is 10.3. The van der Waals surface area contributed by atoms with Crippen LogP contribution in [0.4, 0.5) is 0 Å². The minimum atomic E-state index is 0.0269. The van der Waals surface area contributed by atoms with E-state index in [2.05, 4.69) is 40.0 Å². The molecule has 224 valence electrons. The summed E-state index contributed by atoms with van der Waals surface area (Å²) in [6, 6.07) is 15.0. The monoisotopic (exact) mass is 668 g/mol. The number of rotatable bonds is 4. The summed E-state index contributed by atoms with van der Waals surface area (Å²) in [6.07, 6.45) is 18.3. The number of fused-ring (bicyclic) bond motifs is 8. The van der Waals surface area contributed by atoms with E-state index in [1.54, 1.807) is 46.0 Å². The lowest BCUT2D eigenvalue weighted by Gasteiger charge is -2.42. The van der Waals surface area contributed by atoms with Crippen LogP contribution < -0.4 is 0 Å². The molecule has 2 spiro atoms. The minimum Gasteiger partial charge on any atom is -0.227 e. The van der Waals surface area contributed by atoms with Crippen molar-refractivity contribution in [1.82, 2.24) is 0 Å². The average Bonchev–Trinajstić information content (AvgIpc) is 3.93. The maximum absolute atomic E-state index is 9.34. The van der Waals surface area contributed by atoms with Crippen LogP contribution in [0.25, 0.3) is 53.0 Å². The lowest BCUT2D eigenvalue weighted by molar-refractivity contribution is 0.334. The summed E-state index contributed by atoms with van der Waals surface area (Å²) in [6.45, 7) is 14.6. The van der Waals surface area contributed by atoms with Crippen molar-refractivity contribution in [3.63, 3.8) is 0 Å². The number of thiophene rings is 4. The smallest absolute Gasteiger partial charge is 0.227 e. The molecule has 8 rings (SSSR count). The molecule has 8 heteroatoms. The van der Waals surface area contributed by atoms with Crippen LogP contribution in [-0.2, 0) is 10.8 Å². The van der Waals surface area contributed by atoms with Crippen LogP contribution in [0.3, 0.4) is 0 Å². The van der Waals surface area contributed by atoms with Gasteiger partial charge in [-0.25, -0.2) is 20.2 Å². The summed E-state index contributed by atoms with van der Waals surface area (Å²) in [5.74, 6) is 0. The van der Waals surface area contributed by atoms with Crippen LogP contribution >= 0.6 is 45.3 Å². The second-order valence-corrected chi connectivity index (χ2v) is 17.0. The van der Waals surface area contributed by atoms with Gasteiger partial charge >= 0.3 is 0 Å². The van der Waals surface area contributed by atoms with E-state index in [1.807, 2.05) is 40.9 Å². The molecule has 4 aliphatic carbocycles. The van der Waals surface area contributed by atoms with Crippen molar-refractivity contribution >= 4 is 69.1 Å². The van der Waals surface area contributed by atoms with Gasteiger partial charge in [0.15, 0.2) is 0 Å². The van der Waals surface area contributed by atoms with E-state index in [9.17, 15) is 10.5 Å². The highest BCUT2D eigenvalue weighted by atomic mass is 32.1. The maximum atomic E-state index is 9.34. The first kappa shape index (κ1) is 29.4. The van der Waals surface area contributed by atoms with E-state index in [0.29, 0.717) is 0 Å². The van der Waals surface area contributed by atoms with Gasteiger partial charge in [0, 0.05) is 49.8 Å². The van der Waals surface area contributed by atoms with Crippen molar-refractivity contribution in [3.05, 3.63) is 101 Å². The summed E-state index contributed by atoms with van der Waals surface area (Å²) in [5.41, 5.74) is 6.61. The fourth-order valence-electron chi connectivity index (χ4n) is 8.46. The standard InChI is InChI=1S/C38H28N4S4/c1-41-23(21-39)17-25-9-11-29(43-25)27-19-32-33(37(27)13-5-3-6-14-37)34-36(46-32)35-28(38(34)15-7-4-8-16-38)20-31(45-35)30-12-10-26(44-30)18-24(22-40)42-2/h9-12,17-20H,3-8,13-16H2/b23-17-,24-18+. The normalized spacial score (nSPS) is 19.1. The van der Waals surface area contributed by atoms with Crippen molar-refractivity contribution < 1.29 is 0 Å². The van der Waals surface area contributed by atoms with Crippen molar-refractivity contribution in [2.45, 2.75) is 75.0 Å². The summed E-state index contributed by atoms with van der Waals surface area (Å²) in [7, 11) is 0. The van der Waals surface area contributed by atoms with Crippen molar-refractivity contribution in [3.8, 4) is 31.6 Å². The zero-order chi connectivity index (χ0) is 31.5. The quantitative estimate of drug-likeness (QED) is 0.160. The molecule has 0 unspecified atom stereocenters. The van der Waals surface area contributed by atoms with E-state index in [0.717, 1.165) is 9.75 Å². The lowest BCUT2D eigenvalue weighted by atomic mass is 9.61. The van der Waals surface area contributed by atoms with Crippen LogP contribution in [0.2, 0.25) is 0 Å². The first-order valence-corrected chi connectivity index (χ1v) is 19.0. The number of hydrogen-bond acceptors (Lipinski definition) is 6. The zero-order valence-corrected chi connectivity index (χ0v) is 28.4. The van der Waals surface area contributed by atoms with E-state index in [1.165, 1.54) is 105 Å². The SMILES string of the molecule is [C-]#[N+]/C(C#N)=C\c1ccc(C2=Cc3sc4c(c3C23CCCCC3)C2(CCCCC2)c2cc(-c3ccc(/C=C(\C#N)[N+]#[C-])s3)sc2-4)s1. The predicted octanol–water partition coefficient (Wildman–Crippen LogP) is 12.2. The molecule has 0 amide bonds. The highest BCUT2D eigenvalue weighted by Gasteiger charge is 2.55. The number of nitrogens with zero attached hydrogens (tertiary/aromatic N) is 4. The van der Waals surface area contributed by atoms with E-state index in [4.69, 9.17) is 13.1 Å². The van der Waals surface area contributed by atoms with Gasteiger partial charge in [-0.1, -0.05) is 38.5 Å². The van der Waals surface area contributed by atoms with Crippen LogP contribution in [0.1, 0.15) is 100 Å². The maximum Gasteiger partial charge on any atom is 0.263 e. The number of nitriles is 2. The van der Waals surface area contributed by atoms with Gasteiger partial charge in [-0.15, -0.1) is 45.3 Å². The molecule has 2 fully saturated rings. The second-order valence-electron chi connectivity index (χ2n) is 12.7. The molecule has 46 heavy (non-hydrogen) atoms. The van der Waals surface area contributed by atoms with Gasteiger partial charge in [-0.2, -0.15) is 0 Å². The molecule has 4 aromatic rings. The number of hydrogen-bond donors (Lipinski definition) is 0. The van der Waals surface area contributed by atoms with Gasteiger partial charge in [-0.3, -0.25) is 0 Å². The Kier molecular flexibility index (Phi) is 7.25. The lowest BCUT2D eigenvalue weighted by Crippen LogP contribution is -2.34. The summed E-state index contributed by atoms with van der Waals surface area (Å²) >= 11 is 7.32. The third-order valence-corrected chi connectivity index (χ3v) is 15.1. The van der Waals surface area contributed by atoms with E-state index >= 15 is 0 Å². The van der Waals surface area contributed by atoms with Crippen molar-refractivity contribution in [2.75, 3.05) is 0 Å². The van der Waals surface area contributed by atoms with Crippen LogP contribution in [0.5, 0.6) is 0 Å². The third kappa shape index (κ3) is 4.36. The molecule has 4 heterocycles. The number of allylic oxidation sites excluding steroid dienone is 3. The first-order chi connectivity index (χ1) is 22.5. The highest BCUT2D eigenvalue weighted by molar-refractivity contribution is 7.27. The van der Waals surface area contributed by atoms with Gasteiger partial charge in [0.1, 0.15) is 0 Å². The van der Waals surface area contributed by atoms with Crippen LogP contribution in [-0.4, -0.2) is 0 Å². The molecule has 0 aliphatic heterocycles. The van der Waals surface area contributed by atoms with E-state index in [-0.39, 0.29) is 22.2 Å². The molecule has 0 atom stereocenters. The highest BCUT2D eigenvalue weighted by Crippen LogP contribution is 2.69. The largest absolute Gasteiger partial charge is 0.263 e. The average molecular weight is 669 g/mol. The molecule has 4 aromatic heterocycles. The Morgan fingerprint density at radius 1 is 0.674 bits per heavy atom. The first-order valence-electron chi connectivity index (χ1n) is 15.8. The Labute approximate surface area is 285 Å². The Bertz CT molecular complexity index is 2140. The fourth-order valence-corrected chi connectivity index (χ4v) is 13.4. The molecule has 0 bridgehead atoms. The molecular weight excluding hydrogens is 641 g/mol.